The van der Waals surface area contributed by atoms with E-state index in [9.17, 15) is 4.79 Å². The third-order valence-corrected chi connectivity index (χ3v) is 4.82. The molecule has 0 amide bonds. The van der Waals surface area contributed by atoms with Crippen LogP contribution in [0.1, 0.15) is 35.6 Å². The summed E-state index contributed by atoms with van der Waals surface area (Å²) in [6.07, 6.45) is 2.05. The Labute approximate surface area is 129 Å². The molecule has 1 aromatic heterocycles. The molecule has 0 bridgehead atoms. The van der Waals surface area contributed by atoms with Crippen molar-refractivity contribution in [3.63, 3.8) is 0 Å². The molecule has 2 aromatic rings. The Morgan fingerprint density at radius 1 is 1.23 bits per heavy atom. The standard InChI is InChI=1S/C17H21N3O2/c21-17-8-16(22-19-17)12-5-6-18-15(7-12)11-20-9-13-3-1-2-4-14(13)10-20/h1-4,8,12,15,18H,5-7,9-11H2,(H,19,21). The van der Waals surface area contributed by atoms with E-state index in [-0.39, 0.29) is 5.56 Å². The highest BCUT2D eigenvalue weighted by Gasteiger charge is 2.28. The number of aromatic nitrogens is 1. The largest absolute Gasteiger partial charge is 0.383 e. The fourth-order valence-electron chi connectivity index (χ4n) is 3.75. The number of aromatic amines is 1. The van der Waals surface area contributed by atoms with Crippen molar-refractivity contribution >= 4 is 0 Å². The highest BCUT2D eigenvalue weighted by molar-refractivity contribution is 5.30. The average Bonchev–Trinajstić information content (AvgIpc) is 3.13. The number of piperidine rings is 1. The molecule has 1 fully saturated rings. The molecule has 2 aliphatic heterocycles. The van der Waals surface area contributed by atoms with E-state index in [1.807, 2.05) is 0 Å². The molecule has 2 atom stereocenters. The van der Waals surface area contributed by atoms with E-state index in [1.165, 1.54) is 11.1 Å². The van der Waals surface area contributed by atoms with Gasteiger partial charge in [0.05, 0.1) is 0 Å². The molecule has 22 heavy (non-hydrogen) atoms. The third-order valence-electron chi connectivity index (χ3n) is 4.82. The normalized spacial score (nSPS) is 25.3. The van der Waals surface area contributed by atoms with Gasteiger partial charge in [0.2, 0.25) is 0 Å². The summed E-state index contributed by atoms with van der Waals surface area (Å²) < 4.78 is 5.29. The lowest BCUT2D eigenvalue weighted by Crippen LogP contribution is -2.44. The zero-order valence-electron chi connectivity index (χ0n) is 12.5. The van der Waals surface area contributed by atoms with E-state index in [0.717, 1.165) is 44.8 Å². The Morgan fingerprint density at radius 3 is 2.68 bits per heavy atom. The van der Waals surface area contributed by atoms with Crippen molar-refractivity contribution in [3.8, 4) is 0 Å². The van der Waals surface area contributed by atoms with Gasteiger partial charge < -0.3 is 9.84 Å². The number of nitrogens with one attached hydrogen (secondary N) is 2. The second-order valence-corrected chi connectivity index (χ2v) is 6.43. The molecule has 0 aliphatic carbocycles. The minimum atomic E-state index is -0.139. The Kier molecular flexibility index (Phi) is 3.60. The zero-order chi connectivity index (χ0) is 14.9. The molecule has 2 N–H and O–H groups in total. The first-order chi connectivity index (χ1) is 10.8. The van der Waals surface area contributed by atoms with E-state index in [4.69, 9.17) is 4.52 Å². The molecule has 0 spiro atoms. The second-order valence-electron chi connectivity index (χ2n) is 6.43. The molecular weight excluding hydrogens is 278 g/mol. The van der Waals surface area contributed by atoms with Crippen LogP contribution in [0.4, 0.5) is 0 Å². The topological polar surface area (TPSA) is 61.3 Å². The SMILES string of the molecule is O=c1cc(C2CCNC(CN3Cc4ccccc4C3)C2)o[nH]1. The van der Waals surface area contributed by atoms with Crippen molar-refractivity contribution in [2.24, 2.45) is 0 Å². The van der Waals surface area contributed by atoms with E-state index in [1.54, 1.807) is 6.07 Å². The van der Waals surface area contributed by atoms with E-state index < -0.39 is 0 Å². The molecule has 2 aliphatic rings. The fourth-order valence-corrected chi connectivity index (χ4v) is 3.75. The van der Waals surface area contributed by atoms with Crippen LogP contribution in [-0.2, 0) is 13.1 Å². The monoisotopic (exact) mass is 299 g/mol. The van der Waals surface area contributed by atoms with Gasteiger partial charge in [-0.15, -0.1) is 0 Å². The summed E-state index contributed by atoms with van der Waals surface area (Å²) in [6, 6.07) is 10.7. The van der Waals surface area contributed by atoms with Gasteiger partial charge in [0.1, 0.15) is 5.76 Å². The van der Waals surface area contributed by atoms with Crippen LogP contribution >= 0.6 is 0 Å². The van der Waals surface area contributed by atoms with Crippen LogP contribution in [0.2, 0.25) is 0 Å². The van der Waals surface area contributed by atoms with Crippen molar-refractivity contribution in [2.45, 2.75) is 37.9 Å². The molecule has 4 rings (SSSR count). The van der Waals surface area contributed by atoms with Gasteiger partial charge in [-0.25, -0.2) is 0 Å². The van der Waals surface area contributed by atoms with Gasteiger partial charge >= 0.3 is 0 Å². The Hall–Kier alpha value is -1.85. The molecule has 0 saturated carbocycles. The lowest BCUT2D eigenvalue weighted by molar-refractivity contribution is 0.210. The van der Waals surface area contributed by atoms with Crippen molar-refractivity contribution < 1.29 is 4.52 Å². The molecule has 5 nitrogen and oxygen atoms in total. The van der Waals surface area contributed by atoms with Gasteiger partial charge in [0.25, 0.3) is 5.56 Å². The van der Waals surface area contributed by atoms with Crippen LogP contribution in [0.25, 0.3) is 0 Å². The Bertz CT molecular complexity index is 681. The van der Waals surface area contributed by atoms with Crippen LogP contribution < -0.4 is 10.9 Å². The number of benzene rings is 1. The van der Waals surface area contributed by atoms with Crippen LogP contribution in [0.5, 0.6) is 0 Å². The molecule has 5 heteroatoms. The highest BCUT2D eigenvalue weighted by atomic mass is 16.5. The first kappa shape index (κ1) is 13.8. The van der Waals surface area contributed by atoms with Gasteiger partial charge in [-0.2, -0.15) is 5.16 Å². The van der Waals surface area contributed by atoms with Crippen molar-refractivity contribution in [2.75, 3.05) is 13.1 Å². The molecule has 0 radical (unpaired) electrons. The van der Waals surface area contributed by atoms with Gasteiger partial charge in [-0.1, -0.05) is 24.3 Å². The first-order valence-corrected chi connectivity index (χ1v) is 7.99. The summed E-state index contributed by atoms with van der Waals surface area (Å²) in [7, 11) is 0. The minimum absolute atomic E-state index is 0.139. The lowest BCUT2D eigenvalue weighted by atomic mass is 9.90. The number of nitrogens with zero attached hydrogens (tertiary/aromatic N) is 1. The summed E-state index contributed by atoms with van der Waals surface area (Å²) >= 11 is 0. The van der Waals surface area contributed by atoms with Crippen molar-refractivity contribution in [1.82, 2.24) is 15.4 Å². The average molecular weight is 299 g/mol. The van der Waals surface area contributed by atoms with Crippen LogP contribution in [0.15, 0.2) is 39.6 Å². The summed E-state index contributed by atoms with van der Waals surface area (Å²) in [5, 5.41) is 6.01. The number of fused-ring (bicyclic) bond motifs is 1. The summed E-state index contributed by atoms with van der Waals surface area (Å²) in [5.41, 5.74) is 2.76. The van der Waals surface area contributed by atoms with Gasteiger partial charge in [-0.05, 0) is 30.5 Å². The van der Waals surface area contributed by atoms with E-state index in [2.05, 4.69) is 39.6 Å². The predicted octanol–water partition coefficient (Wildman–Crippen LogP) is 1.82. The smallest absolute Gasteiger partial charge is 0.280 e. The molecule has 3 heterocycles. The molecule has 116 valence electrons. The maximum atomic E-state index is 11.2. The highest BCUT2D eigenvalue weighted by Crippen LogP contribution is 2.28. The number of H-pyrrole nitrogens is 1. The zero-order valence-corrected chi connectivity index (χ0v) is 12.5. The Balaban J connectivity index is 1.39. The first-order valence-electron chi connectivity index (χ1n) is 7.99. The number of hydrogen-bond acceptors (Lipinski definition) is 4. The summed E-state index contributed by atoms with van der Waals surface area (Å²) in [4.78, 5) is 13.7. The van der Waals surface area contributed by atoms with Crippen LogP contribution in [0, 0.1) is 0 Å². The fraction of sp³-hybridized carbons (Fsp3) is 0.471. The predicted molar refractivity (Wildman–Crippen MR) is 83.7 cm³/mol. The maximum Gasteiger partial charge on any atom is 0.280 e. The van der Waals surface area contributed by atoms with Crippen LogP contribution in [-0.4, -0.2) is 29.2 Å². The quantitative estimate of drug-likeness (QED) is 0.907. The van der Waals surface area contributed by atoms with E-state index in [0.29, 0.717) is 12.0 Å². The molecule has 2 unspecified atom stereocenters. The molecular formula is C17H21N3O2. The molecule has 1 aromatic carbocycles. The summed E-state index contributed by atoms with van der Waals surface area (Å²) in [6.45, 7) is 4.10. The second kappa shape index (κ2) is 5.74. The molecule has 1 saturated heterocycles. The van der Waals surface area contributed by atoms with Crippen molar-refractivity contribution in [1.29, 1.82) is 0 Å². The minimum Gasteiger partial charge on any atom is -0.383 e. The van der Waals surface area contributed by atoms with Gasteiger partial charge in [-0.3, -0.25) is 9.69 Å². The van der Waals surface area contributed by atoms with Crippen molar-refractivity contribution in [3.05, 3.63) is 57.6 Å². The lowest BCUT2D eigenvalue weighted by Gasteiger charge is -2.31. The Morgan fingerprint density at radius 2 is 2.00 bits per heavy atom. The van der Waals surface area contributed by atoms with Crippen LogP contribution in [0.3, 0.4) is 0 Å². The van der Waals surface area contributed by atoms with E-state index >= 15 is 0 Å². The maximum absolute atomic E-state index is 11.2. The van der Waals surface area contributed by atoms with Gasteiger partial charge in [0.15, 0.2) is 0 Å². The third kappa shape index (κ3) is 2.74. The van der Waals surface area contributed by atoms with Gasteiger partial charge in [0, 0.05) is 37.7 Å². The number of rotatable bonds is 3. The number of hydrogen-bond donors (Lipinski definition) is 2. The summed E-state index contributed by atoms with van der Waals surface area (Å²) in [5.74, 6) is 1.15.